The lowest BCUT2D eigenvalue weighted by molar-refractivity contribution is -0.137. The number of ether oxygens (including phenoxy) is 1. The molecule has 4 aromatic rings. The SMILES string of the molecule is COCC(=O)N1CC(NC(=O)c2[nH]c3cc(Cl)cc4c3c2C2=C(c3ccccc3)C(C)CC=CN2C4c2ccc(Cl)cc2Cl)C(N2CCC(N3CCCCC3=O)CC2)C1. The van der Waals surface area contributed by atoms with E-state index in [1.54, 1.807) is 6.07 Å². The van der Waals surface area contributed by atoms with Crippen LogP contribution in [0, 0.1) is 5.92 Å². The minimum atomic E-state index is -0.377. The standard InChI is InChI=1S/C46H49Cl3N6O4/c1-27-9-8-18-55-44(32-14-13-29(47)22-34(32)49)33-21-30(48)23-35-41(33)42(45(55)40(27)28-10-4-3-5-11-28)43(50-35)46(58)51-36-24-53(39(57)26-59-2)25-37(36)52-19-15-31(16-20-52)54-17-7-6-12-38(54)56/h3-5,8,10-11,13-14,18,21-23,27,31,36-37,44,50H,6-7,9,12,15-17,19-20,24-26H2,1-2H3,(H,51,58). The summed E-state index contributed by atoms with van der Waals surface area (Å²) < 4.78 is 5.26. The Morgan fingerprint density at radius 3 is 2.47 bits per heavy atom. The molecule has 13 heteroatoms. The van der Waals surface area contributed by atoms with Crippen LogP contribution in [0.3, 0.4) is 0 Å². The van der Waals surface area contributed by atoms with Gasteiger partial charge >= 0.3 is 0 Å². The highest BCUT2D eigenvalue weighted by atomic mass is 35.5. The van der Waals surface area contributed by atoms with Crippen LogP contribution in [0.25, 0.3) is 22.2 Å². The third-order valence-corrected chi connectivity index (χ3v) is 13.8. The number of piperidine rings is 2. The molecule has 0 spiro atoms. The summed E-state index contributed by atoms with van der Waals surface area (Å²) in [5.74, 6) is -0.00393. The van der Waals surface area contributed by atoms with Crippen LogP contribution in [0.15, 0.2) is 72.9 Å². The number of hydrogen-bond acceptors (Lipinski definition) is 6. The number of fused-ring (bicyclic) bond motifs is 2. The zero-order chi connectivity index (χ0) is 40.9. The number of aromatic nitrogens is 1. The summed E-state index contributed by atoms with van der Waals surface area (Å²) in [5.41, 5.74) is 6.88. The molecule has 3 amide bonds. The quantitative estimate of drug-likeness (QED) is 0.185. The fourth-order valence-electron chi connectivity index (χ4n) is 10.3. The van der Waals surface area contributed by atoms with Gasteiger partial charge in [-0.15, -0.1) is 0 Å². The second-order valence-electron chi connectivity index (χ2n) is 16.6. The van der Waals surface area contributed by atoms with E-state index >= 15 is 4.79 Å². The molecule has 3 saturated heterocycles. The Morgan fingerprint density at radius 2 is 1.73 bits per heavy atom. The monoisotopic (exact) mass is 854 g/mol. The third kappa shape index (κ3) is 7.45. The topological polar surface area (TPSA) is 101 Å². The molecule has 0 radical (unpaired) electrons. The van der Waals surface area contributed by atoms with Gasteiger partial charge in [0.15, 0.2) is 0 Å². The van der Waals surface area contributed by atoms with Crippen LogP contribution in [0.5, 0.6) is 0 Å². The minimum absolute atomic E-state index is 0.0288. The summed E-state index contributed by atoms with van der Waals surface area (Å²) in [6, 6.07) is 19.2. The molecule has 3 fully saturated rings. The molecule has 0 saturated carbocycles. The van der Waals surface area contributed by atoms with Crippen molar-refractivity contribution in [3.63, 3.8) is 0 Å². The number of nitrogens with zero attached hydrogens (tertiary/aromatic N) is 4. The molecular formula is C46H49Cl3N6O4. The smallest absolute Gasteiger partial charge is 0.268 e. The molecule has 3 aromatic carbocycles. The first-order valence-electron chi connectivity index (χ1n) is 20.8. The molecule has 10 nitrogen and oxygen atoms in total. The van der Waals surface area contributed by atoms with Crippen molar-refractivity contribution in [3.8, 4) is 0 Å². The summed E-state index contributed by atoms with van der Waals surface area (Å²) in [6.07, 6.45) is 9.46. The zero-order valence-corrected chi connectivity index (χ0v) is 35.6. The molecule has 308 valence electrons. The van der Waals surface area contributed by atoms with Crippen LogP contribution in [0.4, 0.5) is 0 Å². The van der Waals surface area contributed by atoms with Crippen LogP contribution in [-0.2, 0) is 14.3 Å². The Morgan fingerprint density at radius 1 is 0.932 bits per heavy atom. The van der Waals surface area contributed by atoms with E-state index in [4.69, 9.17) is 39.5 Å². The number of H-pyrrole nitrogens is 1. The number of aromatic amines is 1. The van der Waals surface area contributed by atoms with Gasteiger partial charge < -0.3 is 29.7 Å². The molecule has 6 heterocycles. The summed E-state index contributed by atoms with van der Waals surface area (Å²) >= 11 is 20.4. The van der Waals surface area contributed by atoms with Crippen LogP contribution in [0.2, 0.25) is 15.1 Å². The highest BCUT2D eigenvalue weighted by Crippen LogP contribution is 2.53. The molecule has 4 atom stereocenters. The Kier molecular flexibility index (Phi) is 11.3. The number of likely N-dealkylation sites (tertiary alicyclic amines) is 3. The number of allylic oxidation sites excluding steroid dienone is 2. The fraction of sp³-hybridized carbons (Fsp3) is 0.413. The number of hydrogen-bond donors (Lipinski definition) is 2. The number of carbonyl (C=O) groups is 3. The lowest BCUT2D eigenvalue weighted by Gasteiger charge is -2.43. The molecular weight excluding hydrogens is 807 g/mol. The van der Waals surface area contributed by atoms with E-state index in [2.05, 4.69) is 56.3 Å². The van der Waals surface area contributed by atoms with Crippen molar-refractivity contribution in [1.29, 1.82) is 0 Å². The van der Waals surface area contributed by atoms with Crippen LogP contribution >= 0.6 is 34.8 Å². The molecule has 4 unspecified atom stereocenters. The zero-order valence-electron chi connectivity index (χ0n) is 33.4. The van der Waals surface area contributed by atoms with Crippen LogP contribution < -0.4 is 5.32 Å². The van der Waals surface area contributed by atoms with Gasteiger partial charge in [-0.2, -0.15) is 0 Å². The predicted octanol–water partition coefficient (Wildman–Crippen LogP) is 8.39. The second-order valence-corrected chi connectivity index (χ2v) is 17.9. The molecule has 9 rings (SSSR count). The van der Waals surface area contributed by atoms with Crippen molar-refractivity contribution >= 4 is 74.7 Å². The van der Waals surface area contributed by atoms with Gasteiger partial charge in [0.25, 0.3) is 5.91 Å². The molecule has 59 heavy (non-hydrogen) atoms. The molecule has 1 aromatic heterocycles. The average Bonchev–Trinajstić information content (AvgIpc) is 3.77. The Hall–Kier alpha value is -4.32. The largest absolute Gasteiger partial charge is 0.375 e. The van der Waals surface area contributed by atoms with Crippen molar-refractivity contribution in [1.82, 2.24) is 29.9 Å². The fourth-order valence-corrected chi connectivity index (χ4v) is 11.0. The van der Waals surface area contributed by atoms with Gasteiger partial charge in [-0.25, -0.2) is 0 Å². The first-order valence-corrected chi connectivity index (χ1v) is 21.9. The van der Waals surface area contributed by atoms with E-state index < -0.39 is 0 Å². The molecule has 5 aliphatic heterocycles. The van der Waals surface area contributed by atoms with Gasteiger partial charge in [0.1, 0.15) is 12.3 Å². The van der Waals surface area contributed by atoms with Gasteiger partial charge in [-0.1, -0.05) is 84.2 Å². The Balaban J connectivity index is 1.14. The summed E-state index contributed by atoms with van der Waals surface area (Å²) in [6.45, 7) is 5.41. The van der Waals surface area contributed by atoms with Gasteiger partial charge in [-0.3, -0.25) is 19.3 Å². The van der Waals surface area contributed by atoms with Gasteiger partial charge in [-0.05, 0) is 84.6 Å². The maximum Gasteiger partial charge on any atom is 0.268 e. The van der Waals surface area contributed by atoms with E-state index in [1.807, 2.05) is 47.4 Å². The van der Waals surface area contributed by atoms with Crippen molar-refractivity contribution in [2.24, 2.45) is 5.92 Å². The van der Waals surface area contributed by atoms with E-state index in [0.717, 1.165) is 96.2 Å². The minimum Gasteiger partial charge on any atom is -0.375 e. The van der Waals surface area contributed by atoms with Gasteiger partial charge in [0.05, 0.1) is 17.8 Å². The van der Waals surface area contributed by atoms with Gasteiger partial charge in [0, 0.05) is 96.1 Å². The maximum absolute atomic E-state index is 15.2. The van der Waals surface area contributed by atoms with Crippen molar-refractivity contribution < 1.29 is 19.1 Å². The highest BCUT2D eigenvalue weighted by molar-refractivity contribution is 6.35. The van der Waals surface area contributed by atoms with E-state index in [9.17, 15) is 9.59 Å². The number of halogens is 3. The summed E-state index contributed by atoms with van der Waals surface area (Å²) in [5, 5.41) is 5.96. The predicted molar refractivity (Wildman–Crippen MR) is 233 cm³/mol. The van der Waals surface area contributed by atoms with Crippen molar-refractivity contribution in [3.05, 3.63) is 116 Å². The molecule has 5 aliphatic rings. The lowest BCUT2D eigenvalue weighted by Crippen LogP contribution is -2.56. The first-order chi connectivity index (χ1) is 28.6. The van der Waals surface area contributed by atoms with Gasteiger partial charge in [0.2, 0.25) is 11.8 Å². The molecule has 0 aliphatic carbocycles. The average molecular weight is 856 g/mol. The summed E-state index contributed by atoms with van der Waals surface area (Å²) in [7, 11) is 1.52. The first kappa shape index (κ1) is 40.1. The Bertz CT molecular complexity index is 2350. The number of amides is 3. The normalized spacial score (nSPS) is 23.9. The van der Waals surface area contributed by atoms with Crippen molar-refractivity contribution in [2.45, 2.75) is 69.6 Å². The number of methoxy groups -OCH3 is 1. The number of carbonyl (C=O) groups excluding carboxylic acids is 3. The number of rotatable bonds is 8. The van der Waals surface area contributed by atoms with Crippen molar-refractivity contribution in [2.75, 3.05) is 46.4 Å². The number of benzene rings is 3. The highest BCUT2D eigenvalue weighted by Gasteiger charge is 2.44. The second kappa shape index (κ2) is 16.6. The maximum atomic E-state index is 15.2. The van der Waals surface area contributed by atoms with E-state index in [1.165, 1.54) is 7.11 Å². The summed E-state index contributed by atoms with van der Waals surface area (Å²) in [4.78, 5) is 53.4. The lowest BCUT2D eigenvalue weighted by atomic mass is 9.82. The van der Waals surface area contributed by atoms with Crippen LogP contribution in [0.1, 0.15) is 84.2 Å². The molecule has 0 bridgehead atoms. The van der Waals surface area contributed by atoms with Crippen LogP contribution in [-0.4, -0.2) is 107 Å². The van der Waals surface area contributed by atoms with E-state index in [-0.39, 0.29) is 54.4 Å². The third-order valence-electron chi connectivity index (χ3n) is 13.0. The Labute approximate surface area is 360 Å². The number of nitrogens with one attached hydrogen (secondary N) is 2. The molecule has 2 N–H and O–H groups in total. The van der Waals surface area contributed by atoms with E-state index in [0.29, 0.717) is 40.3 Å².